The quantitative estimate of drug-likeness (QED) is 0.564. The largest absolute Gasteiger partial charge is 0.0955 e. The van der Waals surface area contributed by atoms with Gasteiger partial charge in [-0.25, -0.2) is 0 Å². The minimum atomic E-state index is 1.12. The number of aryl methyl sites for hydroxylation is 3. The minimum absolute atomic E-state index is 1.12. The first-order chi connectivity index (χ1) is 9.50. The summed E-state index contributed by atoms with van der Waals surface area (Å²) in [6.07, 6.45) is 0. The van der Waals surface area contributed by atoms with Gasteiger partial charge >= 0.3 is 0 Å². The number of allylic oxidation sites excluding steroid dienone is 1. The molecule has 2 rings (SSSR count). The standard InChI is InChI=1S/C9H12.C9H10.C2H6/c1-7-4-5-8(2)9(3)6-7;1-8(2)9-6-4-3-5-7-9;1-2/h4-6H,1-3H3;3-7H,1H2,2H3;1-2H3. The van der Waals surface area contributed by atoms with Crippen LogP contribution >= 0.6 is 0 Å². The molecule has 0 radical (unpaired) electrons. The molecule has 0 aliphatic heterocycles. The fourth-order valence-corrected chi connectivity index (χ4v) is 1.61. The van der Waals surface area contributed by atoms with Crippen molar-refractivity contribution in [3.8, 4) is 0 Å². The maximum atomic E-state index is 3.83. The summed E-state index contributed by atoms with van der Waals surface area (Å²) in [4.78, 5) is 0. The molecule has 20 heavy (non-hydrogen) atoms. The second-order valence-corrected chi connectivity index (χ2v) is 4.73. The lowest BCUT2D eigenvalue weighted by atomic mass is 10.1. The van der Waals surface area contributed by atoms with Gasteiger partial charge in [-0.3, -0.25) is 0 Å². The summed E-state index contributed by atoms with van der Waals surface area (Å²) >= 11 is 0. The topological polar surface area (TPSA) is 0 Å². The average Bonchev–Trinajstić information content (AvgIpc) is 2.47. The summed E-state index contributed by atoms with van der Waals surface area (Å²) in [5.41, 5.74) is 6.45. The Labute approximate surface area is 125 Å². The van der Waals surface area contributed by atoms with E-state index in [4.69, 9.17) is 0 Å². The first-order valence-corrected chi connectivity index (χ1v) is 7.25. The van der Waals surface area contributed by atoms with Gasteiger partial charge in [-0.1, -0.05) is 80.1 Å². The molecule has 0 nitrogen and oxygen atoms in total. The maximum Gasteiger partial charge on any atom is -0.0233 e. The van der Waals surface area contributed by atoms with Crippen LogP contribution < -0.4 is 0 Å². The van der Waals surface area contributed by atoms with Crippen molar-refractivity contribution < 1.29 is 0 Å². The number of hydrogen-bond donors (Lipinski definition) is 0. The molecule has 0 fully saturated rings. The van der Waals surface area contributed by atoms with Crippen molar-refractivity contribution in [2.24, 2.45) is 0 Å². The van der Waals surface area contributed by atoms with Crippen LogP contribution in [0, 0.1) is 20.8 Å². The van der Waals surface area contributed by atoms with Crippen molar-refractivity contribution in [2.45, 2.75) is 41.5 Å². The molecule has 0 aromatic heterocycles. The summed E-state index contributed by atoms with van der Waals surface area (Å²) in [5, 5.41) is 0. The summed E-state index contributed by atoms with van der Waals surface area (Å²) in [5.74, 6) is 0. The Kier molecular flexibility index (Phi) is 9.11. The molecule has 0 bridgehead atoms. The van der Waals surface area contributed by atoms with Gasteiger partial charge in [0.05, 0.1) is 0 Å². The van der Waals surface area contributed by atoms with Crippen molar-refractivity contribution >= 4 is 5.57 Å². The number of benzene rings is 2. The molecule has 0 saturated carbocycles. The summed E-state index contributed by atoms with van der Waals surface area (Å²) < 4.78 is 0. The first-order valence-electron chi connectivity index (χ1n) is 7.25. The van der Waals surface area contributed by atoms with E-state index in [1.54, 1.807) is 0 Å². The zero-order chi connectivity index (χ0) is 15.5. The van der Waals surface area contributed by atoms with Crippen molar-refractivity contribution in [1.82, 2.24) is 0 Å². The van der Waals surface area contributed by atoms with Crippen LogP contribution in [-0.4, -0.2) is 0 Å². The lowest BCUT2D eigenvalue weighted by Crippen LogP contribution is -1.79. The van der Waals surface area contributed by atoms with E-state index in [1.807, 2.05) is 39.0 Å². The molecular weight excluding hydrogens is 240 g/mol. The molecule has 0 aliphatic rings. The lowest BCUT2D eigenvalue weighted by molar-refractivity contribution is 1.30. The van der Waals surface area contributed by atoms with E-state index in [0.717, 1.165) is 5.57 Å². The van der Waals surface area contributed by atoms with Gasteiger partial charge < -0.3 is 0 Å². The van der Waals surface area contributed by atoms with E-state index >= 15 is 0 Å². The van der Waals surface area contributed by atoms with Gasteiger partial charge in [0, 0.05) is 0 Å². The van der Waals surface area contributed by atoms with Crippen molar-refractivity contribution in [3.63, 3.8) is 0 Å². The van der Waals surface area contributed by atoms with Gasteiger partial charge in [0.1, 0.15) is 0 Å². The molecule has 0 atom stereocenters. The van der Waals surface area contributed by atoms with E-state index in [2.05, 4.69) is 57.7 Å². The van der Waals surface area contributed by atoms with Gasteiger partial charge in [-0.15, -0.1) is 0 Å². The molecule has 0 spiro atoms. The van der Waals surface area contributed by atoms with Crippen molar-refractivity contribution in [1.29, 1.82) is 0 Å². The van der Waals surface area contributed by atoms with Gasteiger partial charge in [-0.2, -0.15) is 0 Å². The van der Waals surface area contributed by atoms with Crippen LogP contribution in [0.3, 0.4) is 0 Å². The molecule has 108 valence electrons. The third-order valence-corrected chi connectivity index (χ3v) is 2.93. The molecule has 0 aliphatic carbocycles. The zero-order valence-electron chi connectivity index (χ0n) is 13.8. The van der Waals surface area contributed by atoms with Gasteiger partial charge in [-0.05, 0) is 44.4 Å². The fraction of sp³-hybridized carbons (Fsp3) is 0.300. The minimum Gasteiger partial charge on any atom is -0.0955 e. The van der Waals surface area contributed by atoms with Crippen LogP contribution in [-0.2, 0) is 0 Å². The normalized spacial score (nSPS) is 8.70. The van der Waals surface area contributed by atoms with Crippen LogP contribution in [0.2, 0.25) is 0 Å². The Bertz CT molecular complexity index is 507. The summed E-state index contributed by atoms with van der Waals surface area (Å²) in [6, 6.07) is 16.7. The highest BCUT2D eigenvalue weighted by Crippen LogP contribution is 2.08. The predicted octanol–water partition coefficient (Wildman–Crippen LogP) is 6.36. The molecular formula is C20H28. The number of rotatable bonds is 1. The van der Waals surface area contributed by atoms with Gasteiger partial charge in [0.15, 0.2) is 0 Å². The monoisotopic (exact) mass is 268 g/mol. The Morgan fingerprint density at radius 1 is 0.800 bits per heavy atom. The first kappa shape index (κ1) is 18.2. The summed E-state index contributed by atoms with van der Waals surface area (Å²) in [7, 11) is 0. The fourth-order valence-electron chi connectivity index (χ4n) is 1.61. The van der Waals surface area contributed by atoms with Crippen LogP contribution in [0.15, 0.2) is 55.1 Å². The van der Waals surface area contributed by atoms with E-state index < -0.39 is 0 Å². The van der Waals surface area contributed by atoms with Gasteiger partial charge in [0.2, 0.25) is 0 Å². The molecule has 0 amide bonds. The molecule has 2 aromatic carbocycles. The Morgan fingerprint density at radius 2 is 1.35 bits per heavy atom. The van der Waals surface area contributed by atoms with Crippen molar-refractivity contribution in [2.75, 3.05) is 0 Å². The van der Waals surface area contributed by atoms with E-state index in [9.17, 15) is 0 Å². The van der Waals surface area contributed by atoms with Gasteiger partial charge in [0.25, 0.3) is 0 Å². The third-order valence-electron chi connectivity index (χ3n) is 2.93. The zero-order valence-corrected chi connectivity index (χ0v) is 13.8. The SMILES string of the molecule is C=C(C)c1ccccc1.CC.Cc1ccc(C)c(C)c1. The highest BCUT2D eigenvalue weighted by molar-refractivity contribution is 5.60. The van der Waals surface area contributed by atoms with Crippen molar-refractivity contribution in [3.05, 3.63) is 77.4 Å². The van der Waals surface area contributed by atoms with E-state index in [0.29, 0.717) is 0 Å². The second kappa shape index (κ2) is 10.0. The van der Waals surface area contributed by atoms with E-state index in [-0.39, 0.29) is 0 Å². The lowest BCUT2D eigenvalue weighted by Gasteiger charge is -1.98. The van der Waals surface area contributed by atoms with E-state index in [1.165, 1.54) is 22.3 Å². The number of hydrogen-bond acceptors (Lipinski definition) is 0. The molecule has 0 saturated heterocycles. The Hall–Kier alpha value is -1.82. The molecule has 0 unspecified atom stereocenters. The molecule has 0 N–H and O–H groups in total. The smallest absolute Gasteiger partial charge is 0.0233 e. The molecule has 2 aromatic rings. The highest BCUT2D eigenvalue weighted by atomic mass is 13.9. The predicted molar refractivity (Wildman–Crippen MR) is 93.2 cm³/mol. The Morgan fingerprint density at radius 3 is 1.70 bits per heavy atom. The van der Waals surface area contributed by atoms with Crippen LogP contribution in [0.5, 0.6) is 0 Å². The highest BCUT2D eigenvalue weighted by Gasteiger charge is 1.89. The summed E-state index contributed by atoms with van der Waals surface area (Å²) in [6.45, 7) is 16.2. The maximum absolute atomic E-state index is 3.83. The third kappa shape index (κ3) is 6.94. The van der Waals surface area contributed by atoms with Crippen LogP contribution in [0.25, 0.3) is 5.57 Å². The second-order valence-electron chi connectivity index (χ2n) is 4.73. The van der Waals surface area contributed by atoms with Crippen LogP contribution in [0.1, 0.15) is 43.0 Å². The Balaban J connectivity index is 0.000000321. The van der Waals surface area contributed by atoms with Crippen LogP contribution in [0.4, 0.5) is 0 Å². The molecule has 0 heteroatoms. The average molecular weight is 268 g/mol. The molecule has 0 heterocycles.